The fourth-order valence-electron chi connectivity index (χ4n) is 3.02. The molecule has 0 aliphatic heterocycles. The van der Waals surface area contributed by atoms with Crippen LogP contribution in [0.4, 0.5) is 11.6 Å². The molecule has 0 saturated heterocycles. The topological polar surface area (TPSA) is 79.8 Å². The lowest BCUT2D eigenvalue weighted by atomic mass is 10.0. The number of aromatic nitrogens is 3. The van der Waals surface area contributed by atoms with Crippen molar-refractivity contribution < 1.29 is 4.79 Å². The molecule has 0 aliphatic carbocycles. The third-order valence-electron chi connectivity index (χ3n) is 4.48. The van der Waals surface area contributed by atoms with E-state index in [-0.39, 0.29) is 5.91 Å². The van der Waals surface area contributed by atoms with Gasteiger partial charge in [-0.25, -0.2) is 9.97 Å². The van der Waals surface area contributed by atoms with Crippen molar-refractivity contribution in [1.82, 2.24) is 15.0 Å². The number of aryl methyl sites for hydroxylation is 3. The molecule has 3 rings (SSSR count). The van der Waals surface area contributed by atoms with Gasteiger partial charge in [0.2, 0.25) is 5.95 Å². The summed E-state index contributed by atoms with van der Waals surface area (Å²) in [6, 6.07) is 13.5. The van der Waals surface area contributed by atoms with E-state index in [0.29, 0.717) is 18.2 Å². The van der Waals surface area contributed by atoms with Crippen LogP contribution in [0.15, 0.2) is 48.7 Å². The predicted molar refractivity (Wildman–Crippen MR) is 111 cm³/mol. The first-order chi connectivity index (χ1) is 13.6. The molecule has 0 radical (unpaired) electrons. The summed E-state index contributed by atoms with van der Waals surface area (Å²) in [5.74, 6) is 0.178. The molecule has 3 aromatic rings. The Morgan fingerprint density at radius 1 is 1.00 bits per heavy atom. The molecule has 0 bridgehead atoms. The second kappa shape index (κ2) is 9.08. The Morgan fingerprint density at radius 3 is 2.39 bits per heavy atom. The van der Waals surface area contributed by atoms with E-state index in [1.54, 1.807) is 12.3 Å². The van der Waals surface area contributed by atoms with Crippen molar-refractivity contribution in [3.8, 4) is 0 Å². The number of nitrogens with zero attached hydrogens (tertiary/aromatic N) is 3. The smallest absolute Gasteiger partial charge is 0.274 e. The SMILES string of the molecule is CCc1cccc(CC)c1NC(=O)c1cc(C)nc(NCc2ccccn2)n1. The first-order valence-corrected chi connectivity index (χ1v) is 9.52. The number of anilines is 2. The van der Waals surface area contributed by atoms with E-state index in [2.05, 4.69) is 39.4 Å². The van der Waals surface area contributed by atoms with Gasteiger partial charge >= 0.3 is 0 Å². The highest BCUT2D eigenvalue weighted by Gasteiger charge is 2.14. The molecule has 1 amide bonds. The Balaban J connectivity index is 1.80. The molecule has 6 nitrogen and oxygen atoms in total. The minimum atomic E-state index is -0.234. The van der Waals surface area contributed by atoms with Crippen molar-refractivity contribution in [1.29, 1.82) is 0 Å². The molecular weight excluding hydrogens is 350 g/mol. The molecule has 2 aromatic heterocycles. The van der Waals surface area contributed by atoms with Crippen molar-refractivity contribution in [2.75, 3.05) is 10.6 Å². The van der Waals surface area contributed by atoms with E-state index >= 15 is 0 Å². The van der Waals surface area contributed by atoms with Crippen molar-refractivity contribution in [2.45, 2.75) is 40.2 Å². The van der Waals surface area contributed by atoms with E-state index in [0.717, 1.165) is 41.0 Å². The van der Waals surface area contributed by atoms with Gasteiger partial charge in [-0.05, 0) is 49.1 Å². The zero-order chi connectivity index (χ0) is 19.9. The summed E-state index contributed by atoms with van der Waals surface area (Å²) in [6.45, 7) is 6.50. The van der Waals surface area contributed by atoms with Gasteiger partial charge in [0, 0.05) is 17.6 Å². The average Bonchev–Trinajstić information content (AvgIpc) is 2.72. The molecule has 0 aliphatic rings. The van der Waals surface area contributed by atoms with Gasteiger partial charge in [-0.1, -0.05) is 38.1 Å². The highest BCUT2D eigenvalue weighted by Crippen LogP contribution is 2.23. The highest BCUT2D eigenvalue weighted by molar-refractivity contribution is 6.04. The standard InChI is InChI=1S/C22H25N5O/c1-4-16-9-8-10-17(5-2)20(16)27-21(28)19-13-15(3)25-22(26-19)24-14-18-11-6-7-12-23-18/h6-13H,4-5,14H2,1-3H3,(H,27,28)(H,24,25,26). The van der Waals surface area contributed by atoms with Crippen molar-refractivity contribution >= 4 is 17.5 Å². The molecule has 1 aromatic carbocycles. The van der Waals surface area contributed by atoms with Gasteiger partial charge in [-0.3, -0.25) is 9.78 Å². The van der Waals surface area contributed by atoms with Crippen LogP contribution in [0.1, 0.15) is 46.9 Å². The molecule has 28 heavy (non-hydrogen) atoms. The van der Waals surface area contributed by atoms with Gasteiger partial charge < -0.3 is 10.6 Å². The Kier molecular flexibility index (Phi) is 6.32. The van der Waals surface area contributed by atoms with E-state index < -0.39 is 0 Å². The fraction of sp³-hybridized carbons (Fsp3) is 0.273. The van der Waals surface area contributed by atoms with Gasteiger partial charge in [0.1, 0.15) is 5.69 Å². The molecule has 2 N–H and O–H groups in total. The first-order valence-electron chi connectivity index (χ1n) is 9.52. The largest absolute Gasteiger partial charge is 0.349 e. The third-order valence-corrected chi connectivity index (χ3v) is 4.48. The van der Waals surface area contributed by atoms with E-state index in [1.165, 1.54) is 0 Å². The molecule has 0 atom stereocenters. The maximum absolute atomic E-state index is 12.9. The van der Waals surface area contributed by atoms with Crippen LogP contribution in [0.3, 0.4) is 0 Å². The number of hydrogen-bond acceptors (Lipinski definition) is 5. The number of amides is 1. The summed E-state index contributed by atoms with van der Waals surface area (Å²) in [7, 11) is 0. The Hall–Kier alpha value is -3.28. The minimum Gasteiger partial charge on any atom is -0.349 e. The summed E-state index contributed by atoms with van der Waals surface area (Å²) in [6.07, 6.45) is 3.44. The Morgan fingerprint density at radius 2 is 1.75 bits per heavy atom. The summed E-state index contributed by atoms with van der Waals surface area (Å²) in [5.41, 5.74) is 5.06. The van der Waals surface area contributed by atoms with Crippen molar-refractivity contribution in [2.24, 2.45) is 0 Å². The zero-order valence-corrected chi connectivity index (χ0v) is 16.5. The monoisotopic (exact) mass is 375 g/mol. The van der Waals surface area contributed by atoms with Gasteiger partial charge in [0.05, 0.1) is 12.2 Å². The van der Waals surface area contributed by atoms with E-state index in [9.17, 15) is 4.79 Å². The Bertz CT molecular complexity index is 934. The van der Waals surface area contributed by atoms with Gasteiger partial charge in [-0.2, -0.15) is 0 Å². The molecule has 0 fully saturated rings. The fourth-order valence-corrected chi connectivity index (χ4v) is 3.02. The van der Waals surface area contributed by atoms with Gasteiger partial charge in [-0.15, -0.1) is 0 Å². The number of nitrogens with one attached hydrogen (secondary N) is 2. The summed E-state index contributed by atoms with van der Waals surface area (Å²) >= 11 is 0. The first kappa shape index (κ1) is 19.5. The predicted octanol–water partition coefficient (Wildman–Crippen LogP) is 4.17. The van der Waals surface area contributed by atoms with Gasteiger partial charge in [0.25, 0.3) is 5.91 Å². The highest BCUT2D eigenvalue weighted by atomic mass is 16.1. The van der Waals surface area contributed by atoms with Crippen LogP contribution >= 0.6 is 0 Å². The lowest BCUT2D eigenvalue weighted by Crippen LogP contribution is -2.18. The number of rotatable bonds is 7. The number of pyridine rings is 1. The van der Waals surface area contributed by atoms with Crippen LogP contribution in [-0.4, -0.2) is 20.9 Å². The lowest BCUT2D eigenvalue weighted by molar-refractivity contribution is 0.102. The van der Waals surface area contributed by atoms with Crippen LogP contribution in [0.25, 0.3) is 0 Å². The second-order valence-electron chi connectivity index (χ2n) is 6.51. The quantitative estimate of drug-likeness (QED) is 0.648. The van der Waals surface area contributed by atoms with Crippen molar-refractivity contribution in [3.63, 3.8) is 0 Å². The van der Waals surface area contributed by atoms with Crippen LogP contribution in [0.2, 0.25) is 0 Å². The van der Waals surface area contributed by atoms with Crippen molar-refractivity contribution in [3.05, 3.63) is 76.9 Å². The van der Waals surface area contributed by atoms with E-state index in [4.69, 9.17) is 0 Å². The average molecular weight is 375 g/mol. The zero-order valence-electron chi connectivity index (χ0n) is 16.5. The molecule has 0 unspecified atom stereocenters. The number of para-hydroxylation sites is 1. The molecule has 2 heterocycles. The maximum atomic E-state index is 12.9. The lowest BCUT2D eigenvalue weighted by Gasteiger charge is -2.14. The van der Waals surface area contributed by atoms with E-state index in [1.807, 2.05) is 43.3 Å². The number of hydrogen-bond donors (Lipinski definition) is 2. The number of carbonyl (C=O) groups is 1. The van der Waals surface area contributed by atoms with Crippen LogP contribution in [0, 0.1) is 6.92 Å². The second-order valence-corrected chi connectivity index (χ2v) is 6.51. The maximum Gasteiger partial charge on any atom is 0.274 e. The van der Waals surface area contributed by atoms with Crippen LogP contribution in [-0.2, 0) is 19.4 Å². The summed E-state index contributed by atoms with van der Waals surface area (Å²) in [5, 5.41) is 6.20. The third kappa shape index (κ3) is 4.71. The molecule has 144 valence electrons. The molecule has 6 heteroatoms. The molecule has 0 saturated carbocycles. The normalized spacial score (nSPS) is 10.5. The van der Waals surface area contributed by atoms with Crippen LogP contribution in [0.5, 0.6) is 0 Å². The number of benzene rings is 1. The summed E-state index contributed by atoms with van der Waals surface area (Å²) in [4.78, 5) is 25.9. The van der Waals surface area contributed by atoms with Gasteiger partial charge in [0.15, 0.2) is 0 Å². The van der Waals surface area contributed by atoms with Crippen LogP contribution < -0.4 is 10.6 Å². The molecule has 0 spiro atoms. The minimum absolute atomic E-state index is 0.234. The summed E-state index contributed by atoms with van der Waals surface area (Å²) < 4.78 is 0. The molecular formula is C22H25N5O. The Labute approximate surface area is 165 Å². The number of carbonyl (C=O) groups excluding carboxylic acids is 1.